The maximum Gasteiger partial charge on any atom is 0.257 e. The molecule has 0 aromatic heterocycles. The highest BCUT2D eigenvalue weighted by Crippen LogP contribution is 2.46. The van der Waals surface area contributed by atoms with Gasteiger partial charge < -0.3 is 25.6 Å². The first-order valence-corrected chi connectivity index (χ1v) is 11.3. The fourth-order valence-electron chi connectivity index (χ4n) is 3.84. The zero-order valence-electron chi connectivity index (χ0n) is 16.6. The number of amides is 1. The van der Waals surface area contributed by atoms with Gasteiger partial charge in [0.2, 0.25) is 0 Å². The Morgan fingerprint density at radius 3 is 2.84 bits per heavy atom. The van der Waals surface area contributed by atoms with Crippen LogP contribution < -0.4 is 15.2 Å². The van der Waals surface area contributed by atoms with Crippen LogP contribution in [0.5, 0.6) is 17.2 Å². The Balaban J connectivity index is 1.53. The molecule has 0 spiro atoms. The van der Waals surface area contributed by atoms with Gasteiger partial charge in [-0.05, 0) is 54.5 Å². The van der Waals surface area contributed by atoms with E-state index in [4.69, 9.17) is 10.5 Å². The van der Waals surface area contributed by atoms with Gasteiger partial charge in [0.1, 0.15) is 23.9 Å². The molecule has 166 valence electrons. The van der Waals surface area contributed by atoms with E-state index in [9.17, 15) is 24.1 Å². The molecule has 0 aliphatic carbocycles. The second-order valence-electron chi connectivity index (χ2n) is 7.44. The number of ether oxygens (including phenoxy) is 1. The molecule has 11 heteroatoms. The largest absolute Gasteiger partial charge is 0.508 e. The van der Waals surface area contributed by atoms with Crippen molar-refractivity contribution in [1.82, 2.24) is 4.90 Å². The topological polar surface area (TPSA) is 161 Å². The van der Waals surface area contributed by atoms with Gasteiger partial charge >= 0.3 is 0 Å². The molecular formula is C20H24N4O6S. The van der Waals surface area contributed by atoms with Crippen molar-refractivity contribution in [2.75, 3.05) is 17.9 Å². The fourth-order valence-corrected chi connectivity index (χ4v) is 4.71. The minimum atomic E-state index is -3.39. The number of piperidine rings is 1. The van der Waals surface area contributed by atoms with Crippen molar-refractivity contribution in [1.29, 1.82) is 0 Å². The number of nitrogens with two attached hydrogens (primary N) is 1. The standard InChI is InChI=1S/C20H24N4O6S/c21-19-18-15(22-31(28,29)23-19)5-3-6-17(18)30-11-12-4-1-2-9-24(12)20(27)14-8-7-13(25)10-16(14)26/h3,5-8,10,12,22,25-26,28-29H,1-2,4,9,11H2,(H2,21,23)/t12-/m1/s1. The van der Waals surface area contributed by atoms with Gasteiger partial charge in [0.15, 0.2) is 5.84 Å². The first kappa shape index (κ1) is 21.1. The Labute approximate surface area is 180 Å². The molecule has 2 aromatic carbocycles. The lowest BCUT2D eigenvalue weighted by atomic mass is 10.0. The number of hydrogen-bond acceptors (Lipinski definition) is 9. The van der Waals surface area contributed by atoms with E-state index in [1.54, 1.807) is 23.1 Å². The van der Waals surface area contributed by atoms with Crippen molar-refractivity contribution in [2.45, 2.75) is 25.3 Å². The number of hydrogen-bond donors (Lipinski definition) is 6. The number of carbonyl (C=O) groups is 1. The van der Waals surface area contributed by atoms with Crippen molar-refractivity contribution >= 4 is 28.4 Å². The Morgan fingerprint density at radius 1 is 1.26 bits per heavy atom. The maximum atomic E-state index is 13.0. The van der Waals surface area contributed by atoms with Crippen LogP contribution in [0.2, 0.25) is 0 Å². The summed E-state index contributed by atoms with van der Waals surface area (Å²) in [7, 11) is -3.39. The number of phenols is 2. The average molecular weight is 449 g/mol. The molecular weight excluding hydrogens is 424 g/mol. The zero-order valence-corrected chi connectivity index (χ0v) is 17.4. The molecule has 10 nitrogen and oxygen atoms in total. The van der Waals surface area contributed by atoms with E-state index in [-0.39, 0.29) is 41.5 Å². The number of nitrogens with zero attached hydrogens (tertiary/aromatic N) is 2. The summed E-state index contributed by atoms with van der Waals surface area (Å²) in [6, 6.07) is 8.68. The molecule has 0 radical (unpaired) electrons. The van der Waals surface area contributed by atoms with Crippen LogP contribution in [0.3, 0.4) is 0 Å². The van der Waals surface area contributed by atoms with Crippen molar-refractivity contribution in [2.24, 2.45) is 10.1 Å². The van der Waals surface area contributed by atoms with E-state index in [0.29, 0.717) is 23.5 Å². The van der Waals surface area contributed by atoms with Crippen LogP contribution in [0.1, 0.15) is 35.2 Å². The quantitative estimate of drug-likeness (QED) is 0.416. The Bertz CT molecular complexity index is 1040. The first-order valence-electron chi connectivity index (χ1n) is 9.75. The number of nitrogens with one attached hydrogen (secondary N) is 1. The molecule has 1 saturated heterocycles. The maximum absolute atomic E-state index is 13.0. The summed E-state index contributed by atoms with van der Waals surface area (Å²) in [5.74, 6) is -0.369. The van der Waals surface area contributed by atoms with Gasteiger partial charge in [-0.3, -0.25) is 18.6 Å². The lowest BCUT2D eigenvalue weighted by Gasteiger charge is -2.36. The lowest BCUT2D eigenvalue weighted by Crippen LogP contribution is -2.46. The molecule has 1 atom stereocenters. The van der Waals surface area contributed by atoms with E-state index in [2.05, 4.69) is 9.12 Å². The van der Waals surface area contributed by atoms with Crippen molar-refractivity contribution < 1.29 is 28.8 Å². The van der Waals surface area contributed by atoms with E-state index in [0.717, 1.165) is 25.3 Å². The van der Waals surface area contributed by atoms with Gasteiger partial charge in [-0.25, -0.2) is 0 Å². The molecule has 0 saturated carbocycles. The first-order chi connectivity index (χ1) is 14.7. The number of rotatable bonds is 4. The van der Waals surface area contributed by atoms with Gasteiger partial charge in [0, 0.05) is 12.6 Å². The third-order valence-electron chi connectivity index (χ3n) is 5.29. The minimum Gasteiger partial charge on any atom is -0.508 e. The Kier molecular flexibility index (Phi) is 5.56. The summed E-state index contributed by atoms with van der Waals surface area (Å²) in [6.45, 7) is 0.705. The predicted molar refractivity (Wildman–Crippen MR) is 118 cm³/mol. The van der Waals surface area contributed by atoms with Gasteiger partial charge in [0.05, 0.1) is 22.9 Å². The van der Waals surface area contributed by atoms with Crippen molar-refractivity contribution in [3.8, 4) is 17.2 Å². The normalized spacial score (nSPS) is 20.8. The molecule has 2 aliphatic rings. The Hall–Kier alpha value is -3.15. The van der Waals surface area contributed by atoms with E-state index >= 15 is 0 Å². The molecule has 1 fully saturated rings. The van der Waals surface area contributed by atoms with Crippen LogP contribution >= 0.6 is 11.0 Å². The van der Waals surface area contributed by atoms with E-state index in [1.165, 1.54) is 12.1 Å². The highest BCUT2D eigenvalue weighted by Gasteiger charge is 2.31. The summed E-state index contributed by atoms with van der Waals surface area (Å²) in [5.41, 5.74) is 6.88. The molecule has 7 N–H and O–H groups in total. The molecule has 4 rings (SSSR count). The lowest BCUT2D eigenvalue weighted by molar-refractivity contribution is 0.0525. The highest BCUT2D eigenvalue weighted by atomic mass is 32.3. The summed E-state index contributed by atoms with van der Waals surface area (Å²) in [4.78, 5) is 14.7. The number of likely N-dealkylation sites (tertiary alicyclic amines) is 1. The number of carbonyl (C=O) groups excluding carboxylic acids is 1. The van der Waals surface area contributed by atoms with Crippen LogP contribution in [-0.4, -0.2) is 55.2 Å². The number of phenolic OH excluding ortho intramolecular Hbond substituents is 2. The van der Waals surface area contributed by atoms with Crippen LogP contribution in [0.25, 0.3) is 0 Å². The summed E-state index contributed by atoms with van der Waals surface area (Å²) in [6.07, 6.45) is 2.49. The second kappa shape index (κ2) is 8.17. The van der Waals surface area contributed by atoms with Gasteiger partial charge in [-0.15, -0.1) is 4.40 Å². The van der Waals surface area contributed by atoms with Crippen molar-refractivity contribution in [3.63, 3.8) is 0 Å². The molecule has 2 aliphatic heterocycles. The van der Waals surface area contributed by atoms with E-state index < -0.39 is 11.0 Å². The van der Waals surface area contributed by atoms with E-state index in [1.807, 2.05) is 0 Å². The van der Waals surface area contributed by atoms with Gasteiger partial charge in [-0.2, -0.15) is 0 Å². The van der Waals surface area contributed by atoms with Crippen LogP contribution in [0.4, 0.5) is 5.69 Å². The van der Waals surface area contributed by atoms with Crippen LogP contribution in [0.15, 0.2) is 40.8 Å². The fraction of sp³-hybridized carbons (Fsp3) is 0.300. The zero-order chi connectivity index (χ0) is 22.2. The van der Waals surface area contributed by atoms with Gasteiger partial charge in [-0.1, -0.05) is 6.07 Å². The van der Waals surface area contributed by atoms with Crippen molar-refractivity contribution in [3.05, 3.63) is 47.5 Å². The highest BCUT2D eigenvalue weighted by molar-refractivity contribution is 8.24. The van der Waals surface area contributed by atoms with Crippen LogP contribution in [-0.2, 0) is 0 Å². The summed E-state index contributed by atoms with van der Waals surface area (Å²) in [5, 5.41) is 19.6. The SMILES string of the molecule is NC1=NS(O)(O)Nc2cccc(OC[C@H]3CCCCN3C(=O)c3ccc(O)cc3O)c21. The third kappa shape index (κ3) is 4.33. The molecule has 1 amide bonds. The Morgan fingerprint density at radius 2 is 2.06 bits per heavy atom. The number of amidine groups is 1. The number of anilines is 1. The smallest absolute Gasteiger partial charge is 0.257 e. The molecule has 31 heavy (non-hydrogen) atoms. The summed E-state index contributed by atoms with van der Waals surface area (Å²) < 4.78 is 31.8. The monoisotopic (exact) mass is 448 g/mol. The minimum absolute atomic E-state index is 0.0463. The molecule has 2 heterocycles. The molecule has 2 aromatic rings. The van der Waals surface area contributed by atoms with Gasteiger partial charge in [0.25, 0.3) is 5.91 Å². The third-order valence-corrected chi connectivity index (χ3v) is 6.23. The summed E-state index contributed by atoms with van der Waals surface area (Å²) >= 11 is 0. The van der Waals surface area contributed by atoms with Crippen LogP contribution in [0, 0.1) is 0 Å². The molecule has 0 unspecified atom stereocenters. The number of fused-ring (bicyclic) bond motifs is 1. The number of aromatic hydroxyl groups is 2. The average Bonchev–Trinajstić information content (AvgIpc) is 2.71. The molecule has 0 bridgehead atoms. The second-order valence-corrected chi connectivity index (χ2v) is 8.86. The predicted octanol–water partition coefficient (Wildman–Crippen LogP) is 2.88. The number of benzene rings is 2.